The third-order valence-corrected chi connectivity index (χ3v) is 12.6. The number of carbonyl (C=O) groups is 2. The van der Waals surface area contributed by atoms with Crippen LogP contribution in [0.15, 0.2) is 122 Å². The number of phosphoric acid groups is 1. The van der Waals surface area contributed by atoms with Gasteiger partial charge in [-0.3, -0.25) is 18.6 Å². The number of unbranched alkanes of at least 4 members (excludes halogenated alkanes) is 19. The zero-order valence-electron chi connectivity index (χ0n) is 45.6. The van der Waals surface area contributed by atoms with E-state index in [4.69, 9.17) is 24.3 Å². The molecule has 410 valence electrons. The van der Waals surface area contributed by atoms with Crippen molar-refractivity contribution in [1.82, 2.24) is 0 Å². The maximum Gasteiger partial charge on any atom is 0.472 e. The maximum absolute atomic E-state index is 12.7. The average molecular weight is 1020 g/mol. The van der Waals surface area contributed by atoms with Gasteiger partial charge in [-0.05, 0) is 89.9 Å². The number of allylic oxidation sites excluding steroid dienone is 20. The van der Waals surface area contributed by atoms with Crippen LogP contribution in [0.4, 0.5) is 0 Å². The molecule has 0 radical (unpaired) electrons. The number of esters is 2. The fourth-order valence-electron chi connectivity index (χ4n) is 7.43. The van der Waals surface area contributed by atoms with Gasteiger partial charge in [-0.1, -0.05) is 245 Å². The van der Waals surface area contributed by atoms with Crippen LogP contribution < -0.4 is 5.73 Å². The lowest BCUT2D eigenvalue weighted by molar-refractivity contribution is -0.161. The Bertz CT molecular complexity index is 1590. The maximum atomic E-state index is 12.7. The Hall–Kier alpha value is -3.59. The third kappa shape index (κ3) is 55.7. The number of hydrogen-bond acceptors (Lipinski definition) is 8. The molecule has 0 aliphatic carbocycles. The van der Waals surface area contributed by atoms with Crippen LogP contribution in [0.25, 0.3) is 0 Å². The van der Waals surface area contributed by atoms with E-state index in [0.717, 1.165) is 96.3 Å². The SMILES string of the molecule is CC/C=C\C/C=C\C/C=C\C/C=C\C/C=C\C/C=C\C/C=C\C/C=C\C/C=C\C/C=C\CCCCC(=O)OC(COC(=O)CCCCCCCCCCCCCCCCCCCC)COP(=O)(O)OCCN. The van der Waals surface area contributed by atoms with E-state index >= 15 is 0 Å². The van der Waals surface area contributed by atoms with Gasteiger partial charge in [0.05, 0.1) is 13.2 Å². The third-order valence-electron chi connectivity index (χ3n) is 11.6. The molecule has 0 bridgehead atoms. The molecule has 0 spiro atoms. The lowest BCUT2D eigenvalue weighted by Crippen LogP contribution is -2.29. The first-order valence-corrected chi connectivity index (χ1v) is 30.0. The summed E-state index contributed by atoms with van der Waals surface area (Å²) in [5.74, 6) is -0.882. The van der Waals surface area contributed by atoms with E-state index in [-0.39, 0.29) is 32.6 Å². The van der Waals surface area contributed by atoms with Crippen LogP contribution in [0.5, 0.6) is 0 Å². The van der Waals surface area contributed by atoms with Gasteiger partial charge in [-0.15, -0.1) is 0 Å². The summed E-state index contributed by atoms with van der Waals surface area (Å²) in [6.07, 6.45) is 78.2. The van der Waals surface area contributed by atoms with Gasteiger partial charge in [-0.25, -0.2) is 4.57 Å². The minimum Gasteiger partial charge on any atom is -0.462 e. The molecule has 0 aromatic heterocycles. The lowest BCUT2D eigenvalue weighted by atomic mass is 10.0. The number of carbonyl (C=O) groups excluding carboxylic acids is 2. The molecule has 0 amide bonds. The zero-order chi connectivity index (χ0) is 52.4. The van der Waals surface area contributed by atoms with Crippen molar-refractivity contribution in [2.75, 3.05) is 26.4 Å². The molecule has 0 aliphatic rings. The molecular weight excluding hydrogens is 918 g/mol. The van der Waals surface area contributed by atoms with Crippen LogP contribution in [0.3, 0.4) is 0 Å². The summed E-state index contributed by atoms with van der Waals surface area (Å²) in [4.78, 5) is 35.1. The van der Waals surface area contributed by atoms with Gasteiger partial charge < -0.3 is 20.1 Å². The topological polar surface area (TPSA) is 134 Å². The zero-order valence-corrected chi connectivity index (χ0v) is 46.5. The summed E-state index contributed by atoms with van der Waals surface area (Å²) in [7, 11) is -4.41. The number of ether oxygens (including phenoxy) is 2. The highest BCUT2D eigenvalue weighted by molar-refractivity contribution is 7.47. The Morgan fingerprint density at radius 1 is 0.431 bits per heavy atom. The molecule has 9 nitrogen and oxygen atoms in total. The van der Waals surface area contributed by atoms with E-state index in [9.17, 15) is 19.0 Å². The molecule has 0 fully saturated rings. The number of rotatable bonds is 52. The Kier molecular flexibility index (Phi) is 53.9. The van der Waals surface area contributed by atoms with E-state index in [2.05, 4.69) is 135 Å². The van der Waals surface area contributed by atoms with Crippen molar-refractivity contribution in [1.29, 1.82) is 0 Å². The van der Waals surface area contributed by atoms with Crippen molar-refractivity contribution in [2.45, 2.75) is 232 Å². The van der Waals surface area contributed by atoms with Crippen molar-refractivity contribution in [3.8, 4) is 0 Å². The monoisotopic (exact) mass is 1020 g/mol. The van der Waals surface area contributed by atoms with Crippen LogP contribution in [-0.2, 0) is 32.7 Å². The summed E-state index contributed by atoms with van der Waals surface area (Å²) in [5, 5.41) is 0. The lowest BCUT2D eigenvalue weighted by Gasteiger charge is -2.19. The quantitative estimate of drug-likeness (QED) is 0.0264. The second-order valence-corrected chi connectivity index (χ2v) is 19.9. The number of hydrogen-bond donors (Lipinski definition) is 2. The minimum atomic E-state index is -4.41. The van der Waals surface area contributed by atoms with Gasteiger partial charge >= 0.3 is 19.8 Å². The molecule has 0 saturated heterocycles. The summed E-state index contributed by atoms with van der Waals surface area (Å²) in [6.45, 7) is 3.58. The van der Waals surface area contributed by atoms with Gasteiger partial charge in [0.1, 0.15) is 6.61 Å². The predicted octanol–water partition coefficient (Wildman–Crippen LogP) is 18.0. The Balaban J connectivity index is 4.13. The summed E-state index contributed by atoms with van der Waals surface area (Å²) in [5.41, 5.74) is 5.37. The molecule has 0 aromatic carbocycles. The molecule has 0 saturated carbocycles. The molecular formula is C62H104NO8P. The molecule has 0 heterocycles. The Labute approximate surface area is 441 Å². The highest BCUT2D eigenvalue weighted by Crippen LogP contribution is 2.43. The second kappa shape index (κ2) is 56.7. The van der Waals surface area contributed by atoms with Crippen LogP contribution in [0.2, 0.25) is 0 Å². The van der Waals surface area contributed by atoms with Gasteiger partial charge in [0, 0.05) is 19.4 Å². The van der Waals surface area contributed by atoms with E-state index in [0.29, 0.717) is 6.42 Å². The van der Waals surface area contributed by atoms with Gasteiger partial charge in [0.15, 0.2) is 6.10 Å². The summed E-state index contributed by atoms with van der Waals surface area (Å²) in [6, 6.07) is 0. The molecule has 72 heavy (non-hydrogen) atoms. The van der Waals surface area contributed by atoms with Crippen molar-refractivity contribution < 1.29 is 37.6 Å². The van der Waals surface area contributed by atoms with Crippen molar-refractivity contribution >= 4 is 19.8 Å². The van der Waals surface area contributed by atoms with Crippen LogP contribution >= 0.6 is 7.82 Å². The molecule has 2 atom stereocenters. The first-order valence-electron chi connectivity index (χ1n) is 28.5. The predicted molar refractivity (Wildman–Crippen MR) is 307 cm³/mol. The highest BCUT2D eigenvalue weighted by atomic mass is 31.2. The van der Waals surface area contributed by atoms with Gasteiger partial charge in [-0.2, -0.15) is 0 Å². The van der Waals surface area contributed by atoms with Crippen LogP contribution in [0, 0.1) is 0 Å². The van der Waals surface area contributed by atoms with Crippen molar-refractivity contribution in [2.24, 2.45) is 5.73 Å². The standard InChI is InChI=1S/C62H104NO8P/c1-3-5-7-9-11-13-15-17-19-21-23-24-25-26-27-28-29-30-31-32-33-34-35-36-37-39-41-43-45-47-49-51-53-55-62(65)71-60(59-70-72(66,67)69-57-56-63)58-68-61(64)54-52-50-48-46-44-42-40-38-22-20-18-16-14-12-10-8-6-4-2/h5,7,11,13,17,19,23-24,26-27,29-30,32-33,35-36,39,41,45,47,60H,3-4,6,8-10,12,14-16,18,20-22,25,28,31,34,37-38,40,42-44,46,48-59,63H2,1-2H3,(H,66,67)/b7-5-,13-11-,19-17-,24-23-,27-26-,30-29-,33-32-,36-35-,41-39-,47-45-. The second-order valence-electron chi connectivity index (χ2n) is 18.4. The van der Waals surface area contributed by atoms with E-state index in [1.54, 1.807) is 0 Å². The Morgan fingerprint density at radius 3 is 1.14 bits per heavy atom. The number of nitrogens with two attached hydrogens (primary N) is 1. The molecule has 3 N–H and O–H groups in total. The normalized spacial score (nSPS) is 14.0. The fourth-order valence-corrected chi connectivity index (χ4v) is 8.19. The largest absolute Gasteiger partial charge is 0.472 e. The molecule has 10 heteroatoms. The van der Waals surface area contributed by atoms with E-state index in [1.165, 1.54) is 96.3 Å². The van der Waals surface area contributed by atoms with Crippen molar-refractivity contribution in [3.63, 3.8) is 0 Å². The van der Waals surface area contributed by atoms with Crippen LogP contribution in [-0.4, -0.2) is 49.3 Å². The molecule has 0 aliphatic heterocycles. The molecule has 0 rings (SSSR count). The smallest absolute Gasteiger partial charge is 0.462 e. The molecule has 2 unspecified atom stereocenters. The molecule has 0 aromatic rings. The summed E-state index contributed by atoms with van der Waals surface area (Å²) >= 11 is 0. The van der Waals surface area contributed by atoms with Crippen molar-refractivity contribution in [3.05, 3.63) is 122 Å². The average Bonchev–Trinajstić information content (AvgIpc) is 3.37. The first-order chi connectivity index (χ1) is 35.3. The minimum absolute atomic E-state index is 0.0408. The first kappa shape index (κ1) is 68.4. The van der Waals surface area contributed by atoms with Crippen LogP contribution in [0.1, 0.15) is 226 Å². The van der Waals surface area contributed by atoms with Gasteiger partial charge in [0.25, 0.3) is 0 Å². The Morgan fingerprint density at radius 2 is 0.764 bits per heavy atom. The highest BCUT2D eigenvalue weighted by Gasteiger charge is 2.26. The van der Waals surface area contributed by atoms with E-state index in [1.807, 2.05) is 0 Å². The summed E-state index contributed by atoms with van der Waals surface area (Å²) < 4.78 is 32.9. The fraction of sp³-hybridized carbons (Fsp3) is 0.645. The van der Waals surface area contributed by atoms with E-state index < -0.39 is 32.5 Å². The number of phosphoric ester groups is 1. The van der Waals surface area contributed by atoms with Gasteiger partial charge in [0.2, 0.25) is 0 Å².